The molecule has 1 aromatic heterocycles. The van der Waals surface area contributed by atoms with Crippen LogP contribution in [-0.2, 0) is 11.2 Å². The van der Waals surface area contributed by atoms with E-state index in [9.17, 15) is 9.18 Å². The first-order valence-corrected chi connectivity index (χ1v) is 10.1. The molecule has 26 heavy (non-hydrogen) atoms. The summed E-state index contributed by atoms with van der Waals surface area (Å²) in [6, 6.07) is 6.26. The second-order valence-electron chi connectivity index (χ2n) is 7.12. The zero-order valence-electron chi connectivity index (χ0n) is 14.6. The summed E-state index contributed by atoms with van der Waals surface area (Å²) in [5, 5.41) is 4.07. The van der Waals surface area contributed by atoms with Crippen molar-refractivity contribution in [1.29, 1.82) is 0 Å². The number of hydrogen-bond donors (Lipinski definition) is 0. The minimum atomic E-state index is -0.259. The molecule has 7 heteroatoms. The molecule has 5 nitrogen and oxygen atoms in total. The highest BCUT2D eigenvalue weighted by atomic mass is 32.2. The monoisotopic (exact) mass is 375 g/mol. The number of carbonyl (C=O) groups is 1. The number of halogens is 1. The summed E-state index contributed by atoms with van der Waals surface area (Å²) in [5.74, 6) is 2.67. The smallest absolute Gasteiger partial charge is 0.232 e. The first-order chi connectivity index (χ1) is 12.7. The number of piperidine rings is 1. The Morgan fingerprint density at radius 3 is 2.85 bits per heavy atom. The molecule has 0 spiro atoms. The van der Waals surface area contributed by atoms with E-state index in [4.69, 9.17) is 4.52 Å². The maximum Gasteiger partial charge on any atom is 0.232 e. The number of thioether (sulfide) groups is 1. The van der Waals surface area contributed by atoms with Crippen molar-refractivity contribution in [3.63, 3.8) is 0 Å². The highest BCUT2D eigenvalue weighted by Crippen LogP contribution is 2.38. The van der Waals surface area contributed by atoms with Gasteiger partial charge in [0.25, 0.3) is 0 Å². The van der Waals surface area contributed by atoms with Crippen molar-refractivity contribution >= 4 is 17.7 Å². The van der Waals surface area contributed by atoms with E-state index >= 15 is 0 Å². The van der Waals surface area contributed by atoms with Crippen LogP contribution in [0, 0.1) is 11.7 Å². The van der Waals surface area contributed by atoms with Crippen LogP contribution in [0.5, 0.6) is 0 Å². The molecule has 4 rings (SSSR count). The summed E-state index contributed by atoms with van der Waals surface area (Å²) in [4.78, 5) is 19.9. The first kappa shape index (κ1) is 17.5. The van der Waals surface area contributed by atoms with E-state index in [0.29, 0.717) is 23.5 Å². The average molecular weight is 375 g/mol. The van der Waals surface area contributed by atoms with Gasteiger partial charge in [0.05, 0.1) is 5.75 Å². The number of rotatable bonds is 6. The molecule has 1 aromatic carbocycles. The fraction of sp³-hybridized carbons (Fsp3) is 0.526. The number of amides is 1. The molecule has 2 aromatic rings. The molecule has 138 valence electrons. The topological polar surface area (TPSA) is 59.2 Å². The minimum absolute atomic E-state index is 0.133. The largest absolute Gasteiger partial charge is 0.342 e. The third-order valence-electron chi connectivity index (χ3n) is 4.94. The van der Waals surface area contributed by atoms with Crippen LogP contribution in [0.15, 0.2) is 33.7 Å². The fourth-order valence-electron chi connectivity index (χ4n) is 3.33. The van der Waals surface area contributed by atoms with Crippen molar-refractivity contribution in [2.75, 3.05) is 18.8 Å². The Balaban J connectivity index is 1.27. The molecule has 1 aliphatic carbocycles. The molecule has 0 bridgehead atoms. The van der Waals surface area contributed by atoms with Crippen LogP contribution in [0.2, 0.25) is 0 Å². The summed E-state index contributed by atoms with van der Waals surface area (Å²) in [7, 11) is 0. The number of nitrogens with zero attached hydrogens (tertiary/aromatic N) is 3. The van der Waals surface area contributed by atoms with Crippen LogP contribution >= 0.6 is 11.8 Å². The van der Waals surface area contributed by atoms with Gasteiger partial charge in [-0.15, -0.1) is 11.8 Å². The van der Waals surface area contributed by atoms with E-state index in [2.05, 4.69) is 10.1 Å². The lowest BCUT2D eigenvalue weighted by Gasteiger charge is -2.32. The summed E-state index contributed by atoms with van der Waals surface area (Å²) in [6.07, 6.45) is 5.15. The van der Waals surface area contributed by atoms with Gasteiger partial charge in [-0.2, -0.15) is 4.98 Å². The lowest BCUT2D eigenvalue weighted by Crippen LogP contribution is -2.41. The van der Waals surface area contributed by atoms with Gasteiger partial charge in [0.2, 0.25) is 11.8 Å². The molecular formula is C19H22FN3O2S. The average Bonchev–Trinajstić information content (AvgIpc) is 3.41. The molecule has 1 atom stereocenters. The van der Waals surface area contributed by atoms with E-state index < -0.39 is 0 Å². The predicted octanol–water partition coefficient (Wildman–Crippen LogP) is 3.66. The van der Waals surface area contributed by atoms with E-state index in [1.54, 1.807) is 12.1 Å². The lowest BCUT2D eigenvalue weighted by atomic mass is 9.95. The van der Waals surface area contributed by atoms with Crippen molar-refractivity contribution in [3.05, 3.63) is 41.8 Å². The molecule has 2 heterocycles. The third-order valence-corrected chi connectivity index (χ3v) is 5.93. The van der Waals surface area contributed by atoms with E-state index in [-0.39, 0.29) is 11.7 Å². The van der Waals surface area contributed by atoms with Gasteiger partial charge in [0.15, 0.2) is 5.82 Å². The molecular weight excluding hydrogens is 353 g/mol. The number of carbonyl (C=O) groups excluding carboxylic acids is 1. The van der Waals surface area contributed by atoms with Gasteiger partial charge < -0.3 is 9.42 Å². The molecule has 1 amide bonds. The SMILES string of the molecule is O=C(CSc1ccc(F)cc1)N1CCC[C@H](Cc2nc(C3CC3)no2)C1. The number of benzene rings is 1. The van der Waals surface area contributed by atoms with Gasteiger partial charge in [-0.3, -0.25) is 4.79 Å². The Morgan fingerprint density at radius 2 is 2.08 bits per heavy atom. The summed E-state index contributed by atoms with van der Waals surface area (Å²) < 4.78 is 18.3. The zero-order chi connectivity index (χ0) is 17.9. The lowest BCUT2D eigenvalue weighted by molar-refractivity contribution is -0.130. The Morgan fingerprint density at radius 1 is 1.27 bits per heavy atom. The Labute approximate surface area is 156 Å². The van der Waals surface area contributed by atoms with Gasteiger partial charge in [0, 0.05) is 30.3 Å². The van der Waals surface area contributed by atoms with Gasteiger partial charge >= 0.3 is 0 Å². The Hall–Kier alpha value is -1.89. The highest BCUT2D eigenvalue weighted by molar-refractivity contribution is 8.00. The molecule has 0 unspecified atom stereocenters. The van der Waals surface area contributed by atoms with Gasteiger partial charge in [-0.25, -0.2) is 4.39 Å². The van der Waals surface area contributed by atoms with Crippen LogP contribution in [0.3, 0.4) is 0 Å². The van der Waals surface area contributed by atoms with Gasteiger partial charge in [-0.1, -0.05) is 5.16 Å². The van der Waals surface area contributed by atoms with Crippen molar-refractivity contribution in [2.24, 2.45) is 5.92 Å². The Bertz CT molecular complexity index is 760. The maximum atomic E-state index is 12.9. The Kier molecular flexibility index (Phi) is 5.24. The molecule has 1 saturated heterocycles. The minimum Gasteiger partial charge on any atom is -0.342 e. The number of hydrogen-bond acceptors (Lipinski definition) is 5. The van der Waals surface area contributed by atoms with Crippen LogP contribution in [0.1, 0.15) is 43.3 Å². The van der Waals surface area contributed by atoms with Crippen LogP contribution < -0.4 is 0 Å². The maximum absolute atomic E-state index is 12.9. The highest BCUT2D eigenvalue weighted by Gasteiger charge is 2.30. The van der Waals surface area contributed by atoms with Crippen molar-refractivity contribution in [1.82, 2.24) is 15.0 Å². The quantitative estimate of drug-likeness (QED) is 0.721. The van der Waals surface area contributed by atoms with E-state index in [1.807, 2.05) is 4.90 Å². The van der Waals surface area contributed by atoms with Crippen molar-refractivity contribution < 1.29 is 13.7 Å². The number of likely N-dealkylation sites (tertiary alicyclic amines) is 1. The summed E-state index contributed by atoms with van der Waals surface area (Å²) >= 11 is 1.45. The second-order valence-corrected chi connectivity index (χ2v) is 8.16. The van der Waals surface area contributed by atoms with Crippen LogP contribution in [-0.4, -0.2) is 39.8 Å². The van der Waals surface area contributed by atoms with Crippen LogP contribution in [0.25, 0.3) is 0 Å². The molecule has 1 aliphatic heterocycles. The van der Waals surface area contributed by atoms with Crippen LogP contribution in [0.4, 0.5) is 4.39 Å². The summed E-state index contributed by atoms with van der Waals surface area (Å²) in [5.41, 5.74) is 0. The second kappa shape index (κ2) is 7.78. The van der Waals surface area contributed by atoms with Gasteiger partial charge in [-0.05, 0) is 55.9 Å². The molecule has 2 fully saturated rings. The molecule has 2 aliphatic rings. The summed E-state index contributed by atoms with van der Waals surface area (Å²) in [6.45, 7) is 1.54. The van der Waals surface area contributed by atoms with Crippen molar-refractivity contribution in [2.45, 2.75) is 42.9 Å². The van der Waals surface area contributed by atoms with Gasteiger partial charge in [0.1, 0.15) is 5.82 Å². The fourth-order valence-corrected chi connectivity index (χ4v) is 4.13. The standard InChI is InChI=1S/C19H22FN3O2S/c20-15-5-7-16(8-6-15)26-12-18(24)23-9-1-2-13(11-23)10-17-21-19(22-25-17)14-3-4-14/h5-8,13-14H,1-4,9-12H2/t13-/m1/s1. The third kappa shape index (κ3) is 4.44. The van der Waals surface area contributed by atoms with E-state index in [1.165, 1.54) is 23.9 Å². The molecule has 1 saturated carbocycles. The normalized spacial score (nSPS) is 20.3. The van der Waals surface area contributed by atoms with Crippen molar-refractivity contribution in [3.8, 4) is 0 Å². The zero-order valence-corrected chi connectivity index (χ0v) is 15.4. The predicted molar refractivity (Wildman–Crippen MR) is 96.4 cm³/mol. The first-order valence-electron chi connectivity index (χ1n) is 9.16. The van der Waals surface area contributed by atoms with E-state index in [0.717, 1.165) is 55.9 Å². The number of aromatic nitrogens is 2. The molecule has 0 radical (unpaired) electrons. The molecule has 0 N–H and O–H groups in total.